The van der Waals surface area contributed by atoms with Crippen LogP contribution < -0.4 is 5.32 Å². The summed E-state index contributed by atoms with van der Waals surface area (Å²) in [4.78, 5) is 26.7. The van der Waals surface area contributed by atoms with Gasteiger partial charge in [-0.05, 0) is 50.8 Å². The number of carbonyl (C=O) groups is 2. The summed E-state index contributed by atoms with van der Waals surface area (Å²) in [7, 11) is 0. The minimum absolute atomic E-state index is 0.00363. The number of benzene rings is 1. The first-order valence-corrected chi connectivity index (χ1v) is 10.2. The SMILES string of the molecule is Cc1cc(C)n(CCC(=O)N2CCC(C(=O)NCCc3ccccc3F)CC2)n1. The molecule has 0 bridgehead atoms. The predicted octanol–water partition coefficient (Wildman–Crippen LogP) is 2.63. The number of halogens is 1. The maximum Gasteiger partial charge on any atom is 0.224 e. The predicted molar refractivity (Wildman–Crippen MR) is 109 cm³/mol. The summed E-state index contributed by atoms with van der Waals surface area (Å²) in [6.07, 6.45) is 2.22. The first kappa shape index (κ1) is 21.0. The summed E-state index contributed by atoms with van der Waals surface area (Å²) in [6, 6.07) is 8.61. The molecule has 1 aromatic carbocycles. The van der Waals surface area contributed by atoms with Crippen LogP contribution >= 0.6 is 0 Å². The van der Waals surface area contributed by atoms with Crippen molar-refractivity contribution < 1.29 is 14.0 Å². The highest BCUT2D eigenvalue weighted by atomic mass is 19.1. The topological polar surface area (TPSA) is 67.2 Å². The first-order chi connectivity index (χ1) is 13.9. The van der Waals surface area contributed by atoms with Crippen LogP contribution in [0.25, 0.3) is 0 Å². The number of likely N-dealkylation sites (tertiary alicyclic amines) is 1. The Kier molecular flexibility index (Phi) is 7.01. The summed E-state index contributed by atoms with van der Waals surface area (Å²) in [5, 5.41) is 7.29. The van der Waals surface area contributed by atoms with Crippen molar-refractivity contribution in [3.8, 4) is 0 Å². The van der Waals surface area contributed by atoms with Crippen LogP contribution in [0.15, 0.2) is 30.3 Å². The number of aryl methyl sites for hydroxylation is 3. The number of carbonyl (C=O) groups excluding carboxylic acids is 2. The van der Waals surface area contributed by atoms with Crippen molar-refractivity contribution in [1.29, 1.82) is 0 Å². The molecule has 2 heterocycles. The van der Waals surface area contributed by atoms with E-state index in [2.05, 4.69) is 10.4 Å². The van der Waals surface area contributed by atoms with Gasteiger partial charge < -0.3 is 10.2 Å². The summed E-state index contributed by atoms with van der Waals surface area (Å²) < 4.78 is 15.5. The number of hydrogen-bond donors (Lipinski definition) is 1. The number of nitrogens with one attached hydrogen (secondary N) is 1. The van der Waals surface area contributed by atoms with Gasteiger partial charge in [0.05, 0.1) is 5.69 Å². The Hall–Kier alpha value is -2.70. The van der Waals surface area contributed by atoms with Gasteiger partial charge in [0.15, 0.2) is 0 Å². The van der Waals surface area contributed by atoms with E-state index in [1.807, 2.05) is 29.5 Å². The molecule has 0 aliphatic carbocycles. The lowest BCUT2D eigenvalue weighted by molar-refractivity contribution is -0.135. The van der Waals surface area contributed by atoms with Gasteiger partial charge in [-0.1, -0.05) is 18.2 Å². The smallest absolute Gasteiger partial charge is 0.224 e. The van der Waals surface area contributed by atoms with Gasteiger partial charge >= 0.3 is 0 Å². The lowest BCUT2D eigenvalue weighted by Gasteiger charge is -2.31. The zero-order chi connectivity index (χ0) is 20.8. The Morgan fingerprint density at radius 1 is 1.21 bits per heavy atom. The van der Waals surface area contributed by atoms with Crippen molar-refractivity contribution in [1.82, 2.24) is 20.0 Å². The minimum atomic E-state index is -0.242. The zero-order valence-corrected chi connectivity index (χ0v) is 17.2. The zero-order valence-electron chi connectivity index (χ0n) is 17.2. The van der Waals surface area contributed by atoms with Gasteiger partial charge in [-0.2, -0.15) is 5.10 Å². The molecule has 29 heavy (non-hydrogen) atoms. The Morgan fingerprint density at radius 2 is 1.93 bits per heavy atom. The highest BCUT2D eigenvalue weighted by Gasteiger charge is 2.27. The maximum atomic E-state index is 13.6. The third-order valence-electron chi connectivity index (χ3n) is 5.51. The number of nitrogens with zero attached hydrogens (tertiary/aromatic N) is 3. The highest BCUT2D eigenvalue weighted by Crippen LogP contribution is 2.18. The third-order valence-corrected chi connectivity index (χ3v) is 5.51. The van der Waals surface area contributed by atoms with Gasteiger partial charge in [0, 0.05) is 44.2 Å². The lowest BCUT2D eigenvalue weighted by atomic mass is 9.95. The van der Waals surface area contributed by atoms with Crippen LogP contribution in [0.4, 0.5) is 4.39 Å². The van der Waals surface area contributed by atoms with Gasteiger partial charge in [0.25, 0.3) is 0 Å². The molecule has 0 spiro atoms. The summed E-state index contributed by atoms with van der Waals surface area (Å²) in [6.45, 7) is 6.12. The van der Waals surface area contributed by atoms with Crippen LogP contribution in [0.3, 0.4) is 0 Å². The molecule has 0 atom stereocenters. The van der Waals surface area contributed by atoms with Crippen LogP contribution in [-0.4, -0.2) is 46.1 Å². The van der Waals surface area contributed by atoms with Crippen molar-refractivity contribution in [2.24, 2.45) is 5.92 Å². The second-order valence-corrected chi connectivity index (χ2v) is 7.69. The number of aromatic nitrogens is 2. The molecule has 3 rings (SSSR count). The van der Waals surface area contributed by atoms with Crippen LogP contribution in [0, 0.1) is 25.6 Å². The molecule has 1 N–H and O–H groups in total. The van der Waals surface area contributed by atoms with E-state index in [-0.39, 0.29) is 23.5 Å². The maximum absolute atomic E-state index is 13.6. The van der Waals surface area contributed by atoms with Gasteiger partial charge in [-0.15, -0.1) is 0 Å². The van der Waals surface area contributed by atoms with Gasteiger partial charge in [0.2, 0.25) is 11.8 Å². The Labute approximate surface area is 171 Å². The molecule has 1 fully saturated rings. The fourth-order valence-electron chi connectivity index (χ4n) is 3.82. The normalized spacial score (nSPS) is 14.8. The molecule has 1 aliphatic heterocycles. The molecule has 2 aromatic rings. The molecular formula is C22H29FN4O2. The number of piperidine rings is 1. The number of hydrogen-bond acceptors (Lipinski definition) is 3. The van der Waals surface area contributed by atoms with Crippen molar-refractivity contribution in [2.45, 2.75) is 46.1 Å². The fraction of sp³-hybridized carbons (Fsp3) is 0.500. The third kappa shape index (κ3) is 5.65. The van der Waals surface area contributed by atoms with E-state index in [0.717, 1.165) is 11.4 Å². The summed E-state index contributed by atoms with van der Waals surface area (Å²) in [5.41, 5.74) is 2.62. The molecule has 6 nitrogen and oxygen atoms in total. The summed E-state index contributed by atoms with van der Waals surface area (Å²) in [5.74, 6) is -0.225. The largest absolute Gasteiger partial charge is 0.356 e. The average molecular weight is 400 g/mol. The van der Waals surface area contributed by atoms with E-state index >= 15 is 0 Å². The second kappa shape index (κ2) is 9.67. The Morgan fingerprint density at radius 3 is 2.59 bits per heavy atom. The van der Waals surface area contributed by atoms with Gasteiger partial charge in [-0.25, -0.2) is 4.39 Å². The monoisotopic (exact) mass is 400 g/mol. The van der Waals surface area contributed by atoms with Crippen molar-refractivity contribution in [2.75, 3.05) is 19.6 Å². The van der Waals surface area contributed by atoms with Crippen LogP contribution in [0.5, 0.6) is 0 Å². The minimum Gasteiger partial charge on any atom is -0.356 e. The van der Waals surface area contributed by atoms with E-state index in [1.54, 1.807) is 18.2 Å². The van der Waals surface area contributed by atoms with Gasteiger partial charge in [0.1, 0.15) is 5.82 Å². The molecular weight excluding hydrogens is 371 g/mol. The number of rotatable bonds is 7. The molecule has 1 aliphatic rings. The van der Waals surface area contributed by atoms with Crippen molar-refractivity contribution in [3.63, 3.8) is 0 Å². The molecule has 2 amide bonds. The molecule has 0 saturated carbocycles. The van der Waals surface area contributed by atoms with E-state index in [1.165, 1.54) is 6.07 Å². The molecule has 0 unspecified atom stereocenters. The fourth-order valence-corrected chi connectivity index (χ4v) is 3.82. The second-order valence-electron chi connectivity index (χ2n) is 7.69. The van der Waals surface area contributed by atoms with E-state index in [0.29, 0.717) is 57.4 Å². The number of amides is 2. The molecule has 0 radical (unpaired) electrons. The highest BCUT2D eigenvalue weighted by molar-refractivity contribution is 5.80. The molecule has 1 saturated heterocycles. The van der Waals surface area contributed by atoms with E-state index in [9.17, 15) is 14.0 Å². The molecule has 156 valence electrons. The quantitative estimate of drug-likeness (QED) is 0.777. The van der Waals surface area contributed by atoms with Crippen molar-refractivity contribution >= 4 is 11.8 Å². The lowest BCUT2D eigenvalue weighted by Crippen LogP contribution is -2.43. The van der Waals surface area contributed by atoms with Crippen LogP contribution in [-0.2, 0) is 22.6 Å². The standard InChI is InChI=1S/C22H29FN4O2/c1-16-15-17(2)27(25-16)14-10-21(28)26-12-8-19(9-13-26)22(29)24-11-7-18-5-3-4-6-20(18)23/h3-6,15,19H,7-14H2,1-2H3,(H,24,29). The van der Waals surface area contributed by atoms with Crippen LogP contribution in [0.1, 0.15) is 36.2 Å². The Bertz CT molecular complexity index is 856. The van der Waals surface area contributed by atoms with E-state index in [4.69, 9.17) is 0 Å². The van der Waals surface area contributed by atoms with Crippen molar-refractivity contribution in [3.05, 3.63) is 53.1 Å². The van der Waals surface area contributed by atoms with Gasteiger partial charge in [-0.3, -0.25) is 14.3 Å². The van der Waals surface area contributed by atoms with E-state index < -0.39 is 0 Å². The molecule has 7 heteroatoms. The summed E-state index contributed by atoms with van der Waals surface area (Å²) >= 11 is 0. The van der Waals surface area contributed by atoms with Crippen LogP contribution in [0.2, 0.25) is 0 Å². The Balaban J connectivity index is 1.38. The average Bonchev–Trinajstić information content (AvgIpc) is 3.04. The molecule has 1 aromatic heterocycles. The first-order valence-electron chi connectivity index (χ1n) is 10.2.